The average Bonchev–Trinajstić information content (AvgIpc) is 2.49. The van der Waals surface area contributed by atoms with Crippen molar-refractivity contribution >= 4 is 41.5 Å². The molecule has 1 fully saturated rings. The van der Waals surface area contributed by atoms with E-state index in [1.165, 1.54) is 4.90 Å². The van der Waals surface area contributed by atoms with Gasteiger partial charge in [0.2, 0.25) is 0 Å². The van der Waals surface area contributed by atoms with E-state index in [-0.39, 0.29) is 24.2 Å². The minimum atomic E-state index is -0.526. The topological polar surface area (TPSA) is 70.7 Å². The van der Waals surface area contributed by atoms with Crippen LogP contribution in [0, 0.1) is 0 Å². The standard InChI is InChI=1S/C14H18ClN3O3.ClH/c1-18(2)14(20)10-7-9(3-4-11(10)15)17-13(19)12-8-16-5-6-21-12;/h3-4,7,12,16H,5-6,8H2,1-2H3,(H,17,19);1H. The van der Waals surface area contributed by atoms with Crippen molar-refractivity contribution < 1.29 is 14.3 Å². The van der Waals surface area contributed by atoms with Gasteiger partial charge in [0, 0.05) is 32.9 Å². The quantitative estimate of drug-likeness (QED) is 0.866. The molecule has 0 aliphatic carbocycles. The third kappa shape index (κ3) is 4.58. The van der Waals surface area contributed by atoms with Crippen molar-refractivity contribution in [2.45, 2.75) is 6.10 Å². The molecule has 0 spiro atoms. The molecule has 1 atom stereocenters. The number of hydrogen-bond donors (Lipinski definition) is 2. The number of nitrogens with one attached hydrogen (secondary N) is 2. The summed E-state index contributed by atoms with van der Waals surface area (Å²) >= 11 is 6.03. The summed E-state index contributed by atoms with van der Waals surface area (Å²) in [7, 11) is 3.29. The molecule has 2 amide bonds. The highest BCUT2D eigenvalue weighted by Crippen LogP contribution is 2.22. The Hall–Kier alpha value is -1.34. The largest absolute Gasteiger partial charge is 0.366 e. The summed E-state index contributed by atoms with van der Waals surface area (Å²) in [4.78, 5) is 25.5. The minimum absolute atomic E-state index is 0. The number of nitrogens with zero attached hydrogens (tertiary/aromatic N) is 1. The van der Waals surface area contributed by atoms with Gasteiger partial charge >= 0.3 is 0 Å². The van der Waals surface area contributed by atoms with Crippen LogP contribution in [0.25, 0.3) is 0 Å². The van der Waals surface area contributed by atoms with Gasteiger partial charge in [-0.1, -0.05) is 11.6 Å². The second-order valence-corrected chi connectivity index (χ2v) is 5.35. The van der Waals surface area contributed by atoms with Crippen LogP contribution in [0.2, 0.25) is 5.02 Å². The third-order valence-corrected chi connectivity index (χ3v) is 3.42. The molecule has 1 heterocycles. The number of carbonyl (C=O) groups is 2. The molecule has 6 nitrogen and oxygen atoms in total. The van der Waals surface area contributed by atoms with Gasteiger partial charge < -0.3 is 20.3 Å². The fourth-order valence-corrected chi connectivity index (χ4v) is 2.16. The Morgan fingerprint density at radius 1 is 1.41 bits per heavy atom. The van der Waals surface area contributed by atoms with Crippen LogP contribution in [0.4, 0.5) is 5.69 Å². The maximum Gasteiger partial charge on any atom is 0.254 e. The first kappa shape index (κ1) is 18.7. The van der Waals surface area contributed by atoms with Crippen LogP contribution in [-0.4, -0.2) is 56.6 Å². The van der Waals surface area contributed by atoms with Gasteiger partial charge in [0.05, 0.1) is 17.2 Å². The second-order valence-electron chi connectivity index (χ2n) is 4.95. The van der Waals surface area contributed by atoms with Gasteiger partial charge in [0.15, 0.2) is 0 Å². The molecule has 0 saturated carbocycles. The molecule has 2 N–H and O–H groups in total. The molecule has 8 heteroatoms. The monoisotopic (exact) mass is 347 g/mol. The number of rotatable bonds is 3. The van der Waals surface area contributed by atoms with Crippen molar-refractivity contribution in [1.29, 1.82) is 0 Å². The molecule has 0 radical (unpaired) electrons. The summed E-state index contributed by atoms with van der Waals surface area (Å²) in [5.41, 5.74) is 0.867. The lowest BCUT2D eigenvalue weighted by molar-refractivity contribution is -0.128. The number of anilines is 1. The Morgan fingerprint density at radius 2 is 2.14 bits per heavy atom. The van der Waals surface area contributed by atoms with Crippen LogP contribution in [0.1, 0.15) is 10.4 Å². The molecule has 0 bridgehead atoms. The van der Waals surface area contributed by atoms with Crippen LogP contribution in [0.5, 0.6) is 0 Å². The predicted molar refractivity (Wildman–Crippen MR) is 88.0 cm³/mol. The van der Waals surface area contributed by atoms with Crippen molar-refractivity contribution in [2.24, 2.45) is 0 Å². The van der Waals surface area contributed by atoms with Crippen molar-refractivity contribution in [2.75, 3.05) is 39.1 Å². The Balaban J connectivity index is 0.00000242. The molecule has 1 aliphatic rings. The molecule has 1 unspecified atom stereocenters. The Bertz CT molecular complexity index is 546. The Kier molecular flexibility index (Phi) is 7.09. The molecule has 1 aliphatic heterocycles. The molecule has 1 aromatic rings. The van der Waals surface area contributed by atoms with Crippen LogP contribution in [-0.2, 0) is 9.53 Å². The molecule has 1 aromatic carbocycles. The predicted octanol–water partition coefficient (Wildman–Crippen LogP) is 1.39. The SMILES string of the molecule is CN(C)C(=O)c1cc(NC(=O)C2CNCCO2)ccc1Cl.Cl. The van der Waals surface area contributed by atoms with Gasteiger partial charge in [-0.15, -0.1) is 12.4 Å². The van der Waals surface area contributed by atoms with Gasteiger partial charge in [-0.25, -0.2) is 0 Å². The lowest BCUT2D eigenvalue weighted by atomic mass is 10.1. The summed E-state index contributed by atoms with van der Waals surface area (Å²) < 4.78 is 5.38. The lowest BCUT2D eigenvalue weighted by Crippen LogP contribution is -2.45. The number of halogens is 2. The first-order valence-corrected chi connectivity index (χ1v) is 7.01. The van der Waals surface area contributed by atoms with Crippen LogP contribution in [0.3, 0.4) is 0 Å². The smallest absolute Gasteiger partial charge is 0.254 e. The molecular formula is C14H19Cl2N3O3. The van der Waals surface area contributed by atoms with Crippen LogP contribution >= 0.6 is 24.0 Å². The zero-order valence-electron chi connectivity index (χ0n) is 12.4. The molecule has 122 valence electrons. The van der Waals surface area contributed by atoms with E-state index in [0.29, 0.717) is 29.4 Å². The fourth-order valence-electron chi connectivity index (χ4n) is 1.96. The normalized spacial score (nSPS) is 17.3. The second kappa shape index (κ2) is 8.33. The molecule has 2 rings (SSSR count). The number of benzene rings is 1. The number of ether oxygens (including phenoxy) is 1. The van der Waals surface area contributed by atoms with E-state index in [2.05, 4.69) is 10.6 Å². The fraction of sp³-hybridized carbons (Fsp3) is 0.429. The van der Waals surface area contributed by atoms with E-state index in [1.807, 2.05) is 0 Å². The first-order chi connectivity index (χ1) is 9.99. The van der Waals surface area contributed by atoms with Crippen LogP contribution < -0.4 is 10.6 Å². The van der Waals surface area contributed by atoms with Gasteiger partial charge in [-0.3, -0.25) is 9.59 Å². The zero-order chi connectivity index (χ0) is 15.4. The van der Waals surface area contributed by atoms with Gasteiger partial charge in [-0.05, 0) is 18.2 Å². The first-order valence-electron chi connectivity index (χ1n) is 6.63. The highest BCUT2D eigenvalue weighted by atomic mass is 35.5. The van der Waals surface area contributed by atoms with Gasteiger partial charge in [0.1, 0.15) is 6.10 Å². The van der Waals surface area contributed by atoms with E-state index < -0.39 is 6.10 Å². The third-order valence-electron chi connectivity index (χ3n) is 3.09. The molecule has 0 aromatic heterocycles. The Morgan fingerprint density at radius 3 is 2.73 bits per heavy atom. The summed E-state index contributed by atoms with van der Waals surface area (Å²) in [5, 5.41) is 6.18. The maximum absolute atomic E-state index is 12.1. The van der Waals surface area contributed by atoms with Crippen LogP contribution in [0.15, 0.2) is 18.2 Å². The highest BCUT2D eigenvalue weighted by molar-refractivity contribution is 6.34. The van der Waals surface area contributed by atoms with Crippen molar-refractivity contribution in [3.05, 3.63) is 28.8 Å². The van der Waals surface area contributed by atoms with Gasteiger partial charge in [0.25, 0.3) is 11.8 Å². The lowest BCUT2D eigenvalue weighted by Gasteiger charge is -2.23. The molecule has 1 saturated heterocycles. The van der Waals surface area contributed by atoms with Gasteiger partial charge in [-0.2, -0.15) is 0 Å². The minimum Gasteiger partial charge on any atom is -0.366 e. The van der Waals surface area contributed by atoms with Crippen molar-refractivity contribution in [1.82, 2.24) is 10.2 Å². The van der Waals surface area contributed by atoms with Crippen molar-refractivity contribution in [3.63, 3.8) is 0 Å². The van der Waals surface area contributed by atoms with E-state index in [0.717, 1.165) is 6.54 Å². The van der Waals surface area contributed by atoms with E-state index in [4.69, 9.17) is 16.3 Å². The summed E-state index contributed by atoms with van der Waals surface area (Å²) in [6.07, 6.45) is -0.526. The summed E-state index contributed by atoms with van der Waals surface area (Å²) in [6.45, 7) is 1.72. The van der Waals surface area contributed by atoms with E-state index in [1.54, 1.807) is 32.3 Å². The van der Waals surface area contributed by atoms with E-state index in [9.17, 15) is 9.59 Å². The maximum atomic E-state index is 12.1. The summed E-state index contributed by atoms with van der Waals surface area (Å²) in [6, 6.07) is 4.82. The number of amides is 2. The average molecular weight is 348 g/mol. The Labute approximate surface area is 140 Å². The molecule has 22 heavy (non-hydrogen) atoms. The number of hydrogen-bond acceptors (Lipinski definition) is 4. The van der Waals surface area contributed by atoms with E-state index >= 15 is 0 Å². The zero-order valence-corrected chi connectivity index (χ0v) is 14.0. The molecular weight excluding hydrogens is 329 g/mol. The summed E-state index contributed by atoms with van der Waals surface area (Å²) in [5.74, 6) is -0.459. The number of morpholine rings is 1. The van der Waals surface area contributed by atoms with Crippen molar-refractivity contribution in [3.8, 4) is 0 Å². The highest BCUT2D eigenvalue weighted by Gasteiger charge is 2.22. The number of carbonyl (C=O) groups excluding carboxylic acids is 2.